The highest BCUT2D eigenvalue weighted by Gasteiger charge is 2.26. The molecular formula is C19H23ClN2O. The molecule has 122 valence electrons. The van der Waals surface area contributed by atoms with E-state index in [4.69, 9.17) is 5.73 Å². The van der Waals surface area contributed by atoms with Crippen molar-refractivity contribution in [2.45, 2.75) is 32.2 Å². The highest BCUT2D eigenvalue weighted by molar-refractivity contribution is 5.85. The van der Waals surface area contributed by atoms with E-state index in [0.717, 1.165) is 24.2 Å². The molecule has 0 aliphatic carbocycles. The van der Waals surface area contributed by atoms with Crippen molar-refractivity contribution in [1.29, 1.82) is 0 Å². The van der Waals surface area contributed by atoms with E-state index in [-0.39, 0.29) is 24.4 Å². The van der Waals surface area contributed by atoms with E-state index < -0.39 is 0 Å². The van der Waals surface area contributed by atoms with Crippen LogP contribution in [0.3, 0.4) is 0 Å². The smallest absolute Gasteiger partial charge is 0.223 e. The zero-order valence-electron chi connectivity index (χ0n) is 13.4. The molecule has 0 fully saturated rings. The van der Waals surface area contributed by atoms with Crippen LogP contribution in [0.25, 0.3) is 0 Å². The third-order valence-electron chi connectivity index (χ3n) is 4.58. The standard InChI is InChI=1S/C19H22N2O.ClH/c1-14-17-8-4-2-6-15(17)12-13-21(14)19(22)11-10-16-7-3-5-9-18(16)20;/h2-9,14H,10-13,20H2,1H3;1H. The molecule has 3 nitrogen and oxygen atoms in total. The highest BCUT2D eigenvalue weighted by atomic mass is 35.5. The number of fused-ring (bicyclic) bond motifs is 1. The minimum absolute atomic E-state index is 0. The maximum Gasteiger partial charge on any atom is 0.223 e. The van der Waals surface area contributed by atoms with Gasteiger partial charge in [-0.2, -0.15) is 0 Å². The fourth-order valence-corrected chi connectivity index (χ4v) is 3.26. The van der Waals surface area contributed by atoms with Crippen LogP contribution in [0.2, 0.25) is 0 Å². The normalized spacial score (nSPS) is 16.4. The number of rotatable bonds is 3. The Balaban J connectivity index is 0.00000192. The first kappa shape index (κ1) is 17.4. The number of anilines is 1. The fourth-order valence-electron chi connectivity index (χ4n) is 3.26. The second kappa shape index (κ2) is 7.51. The molecule has 0 saturated heterocycles. The van der Waals surface area contributed by atoms with Crippen LogP contribution in [0.5, 0.6) is 0 Å². The van der Waals surface area contributed by atoms with Crippen molar-refractivity contribution < 1.29 is 4.79 Å². The number of carbonyl (C=O) groups is 1. The summed E-state index contributed by atoms with van der Waals surface area (Å²) in [5, 5.41) is 0. The Bertz CT molecular complexity index is 687. The molecule has 1 amide bonds. The van der Waals surface area contributed by atoms with Crippen molar-refractivity contribution >= 4 is 24.0 Å². The molecule has 0 radical (unpaired) electrons. The third kappa shape index (κ3) is 3.67. The number of carbonyl (C=O) groups excluding carboxylic acids is 1. The Morgan fingerprint density at radius 1 is 1.17 bits per heavy atom. The Hall–Kier alpha value is -2.00. The summed E-state index contributed by atoms with van der Waals surface area (Å²) in [5.41, 5.74) is 10.4. The number of hydrogen-bond acceptors (Lipinski definition) is 2. The van der Waals surface area contributed by atoms with Crippen LogP contribution in [0.4, 0.5) is 5.69 Å². The highest BCUT2D eigenvalue weighted by Crippen LogP contribution is 2.29. The van der Waals surface area contributed by atoms with Crippen molar-refractivity contribution in [1.82, 2.24) is 4.90 Å². The van der Waals surface area contributed by atoms with E-state index in [1.165, 1.54) is 11.1 Å². The summed E-state index contributed by atoms with van der Waals surface area (Å²) in [7, 11) is 0. The van der Waals surface area contributed by atoms with Gasteiger partial charge in [0.15, 0.2) is 0 Å². The quantitative estimate of drug-likeness (QED) is 0.871. The predicted molar refractivity (Wildman–Crippen MR) is 96.7 cm³/mol. The van der Waals surface area contributed by atoms with E-state index in [0.29, 0.717) is 12.8 Å². The van der Waals surface area contributed by atoms with Crippen molar-refractivity contribution in [3.05, 3.63) is 65.2 Å². The van der Waals surface area contributed by atoms with Gasteiger partial charge in [-0.05, 0) is 42.5 Å². The summed E-state index contributed by atoms with van der Waals surface area (Å²) >= 11 is 0. The Labute approximate surface area is 143 Å². The Morgan fingerprint density at radius 3 is 2.65 bits per heavy atom. The van der Waals surface area contributed by atoms with Gasteiger partial charge in [0.1, 0.15) is 0 Å². The number of nitrogens with two attached hydrogens (primary N) is 1. The first-order valence-corrected chi connectivity index (χ1v) is 7.87. The van der Waals surface area contributed by atoms with Gasteiger partial charge in [0.2, 0.25) is 5.91 Å². The number of nitrogens with zero attached hydrogens (tertiary/aromatic N) is 1. The average Bonchev–Trinajstić information content (AvgIpc) is 2.54. The first-order valence-electron chi connectivity index (χ1n) is 7.87. The molecule has 1 aliphatic heterocycles. The molecule has 1 heterocycles. The molecule has 1 unspecified atom stereocenters. The van der Waals surface area contributed by atoms with Crippen molar-refractivity contribution in [3.63, 3.8) is 0 Å². The van der Waals surface area contributed by atoms with Crippen LogP contribution in [0.15, 0.2) is 48.5 Å². The van der Waals surface area contributed by atoms with Gasteiger partial charge in [0.05, 0.1) is 6.04 Å². The van der Waals surface area contributed by atoms with Crippen LogP contribution in [0.1, 0.15) is 36.1 Å². The van der Waals surface area contributed by atoms with Gasteiger partial charge in [-0.1, -0.05) is 42.5 Å². The van der Waals surface area contributed by atoms with Crippen LogP contribution in [-0.4, -0.2) is 17.4 Å². The summed E-state index contributed by atoms with van der Waals surface area (Å²) in [6.07, 6.45) is 2.16. The minimum atomic E-state index is 0. The van der Waals surface area contributed by atoms with Crippen molar-refractivity contribution in [2.75, 3.05) is 12.3 Å². The van der Waals surface area contributed by atoms with Crippen LogP contribution < -0.4 is 5.73 Å². The van der Waals surface area contributed by atoms with Gasteiger partial charge in [-0.25, -0.2) is 0 Å². The summed E-state index contributed by atoms with van der Waals surface area (Å²) in [5.74, 6) is 0.213. The number of nitrogen functional groups attached to an aromatic ring is 1. The van der Waals surface area contributed by atoms with Gasteiger partial charge in [-0.3, -0.25) is 4.79 Å². The SMILES string of the molecule is CC1c2ccccc2CCN1C(=O)CCc1ccccc1N.Cl. The second-order valence-corrected chi connectivity index (χ2v) is 5.91. The molecule has 0 saturated carbocycles. The molecule has 4 heteroatoms. The van der Waals surface area contributed by atoms with Gasteiger partial charge >= 0.3 is 0 Å². The van der Waals surface area contributed by atoms with Gasteiger partial charge in [0.25, 0.3) is 0 Å². The number of hydrogen-bond donors (Lipinski definition) is 1. The lowest BCUT2D eigenvalue weighted by Crippen LogP contribution is -2.38. The topological polar surface area (TPSA) is 46.3 Å². The van der Waals surface area contributed by atoms with Crippen LogP contribution in [0, 0.1) is 0 Å². The summed E-state index contributed by atoms with van der Waals surface area (Å²) in [6.45, 7) is 2.92. The molecule has 2 aromatic carbocycles. The monoisotopic (exact) mass is 330 g/mol. The number of para-hydroxylation sites is 1. The molecule has 1 aliphatic rings. The second-order valence-electron chi connectivity index (χ2n) is 5.91. The van der Waals surface area contributed by atoms with Crippen LogP contribution in [-0.2, 0) is 17.6 Å². The van der Waals surface area contributed by atoms with E-state index in [1.54, 1.807) is 0 Å². The molecule has 2 aromatic rings. The summed E-state index contributed by atoms with van der Waals surface area (Å²) in [6, 6.07) is 16.4. The zero-order valence-corrected chi connectivity index (χ0v) is 14.2. The number of halogens is 1. The van der Waals surface area contributed by atoms with Gasteiger partial charge < -0.3 is 10.6 Å². The Morgan fingerprint density at radius 2 is 1.87 bits per heavy atom. The zero-order chi connectivity index (χ0) is 15.5. The first-order chi connectivity index (χ1) is 10.7. The average molecular weight is 331 g/mol. The lowest BCUT2D eigenvalue weighted by atomic mass is 9.93. The Kier molecular flexibility index (Phi) is 5.67. The van der Waals surface area contributed by atoms with Gasteiger partial charge in [0, 0.05) is 18.7 Å². The molecule has 2 N–H and O–H groups in total. The molecule has 0 bridgehead atoms. The molecule has 0 spiro atoms. The van der Waals surface area contributed by atoms with Crippen molar-refractivity contribution in [2.24, 2.45) is 0 Å². The van der Waals surface area contributed by atoms with E-state index in [9.17, 15) is 4.79 Å². The van der Waals surface area contributed by atoms with Crippen LogP contribution >= 0.6 is 12.4 Å². The summed E-state index contributed by atoms with van der Waals surface area (Å²) < 4.78 is 0. The predicted octanol–water partition coefficient (Wildman–Crippen LogP) is 3.77. The number of amides is 1. The molecule has 23 heavy (non-hydrogen) atoms. The van der Waals surface area contributed by atoms with Gasteiger partial charge in [-0.15, -0.1) is 12.4 Å². The number of aryl methyl sites for hydroxylation is 1. The molecule has 3 rings (SSSR count). The third-order valence-corrected chi connectivity index (χ3v) is 4.58. The lowest BCUT2D eigenvalue weighted by Gasteiger charge is -2.35. The van der Waals surface area contributed by atoms with E-state index in [2.05, 4.69) is 25.1 Å². The van der Waals surface area contributed by atoms with E-state index >= 15 is 0 Å². The maximum atomic E-state index is 12.6. The summed E-state index contributed by atoms with van der Waals surface area (Å²) in [4.78, 5) is 14.6. The molecular weight excluding hydrogens is 308 g/mol. The van der Waals surface area contributed by atoms with E-state index in [1.807, 2.05) is 35.2 Å². The number of benzene rings is 2. The largest absolute Gasteiger partial charge is 0.399 e. The fraction of sp³-hybridized carbons (Fsp3) is 0.316. The molecule has 1 atom stereocenters. The van der Waals surface area contributed by atoms with Crippen molar-refractivity contribution in [3.8, 4) is 0 Å². The maximum absolute atomic E-state index is 12.6. The lowest BCUT2D eigenvalue weighted by molar-refractivity contribution is -0.133. The molecule has 0 aromatic heterocycles. The minimum Gasteiger partial charge on any atom is -0.399 e.